The molecule has 1 N–H and O–H groups in total. The molecule has 12 heavy (non-hydrogen) atoms. The molecule has 1 aromatic carbocycles. The molecule has 1 rings (SSSR count). The molecule has 0 spiro atoms. The maximum absolute atomic E-state index is 12.6. The number of ether oxygens (including phenoxy) is 1. The van der Waals surface area contributed by atoms with Crippen LogP contribution < -0.4 is 4.74 Å². The van der Waals surface area contributed by atoms with Crippen molar-refractivity contribution < 1.29 is 14.2 Å². The lowest BCUT2D eigenvalue weighted by Gasteiger charge is -2.19. The van der Waals surface area contributed by atoms with E-state index in [0.29, 0.717) is 5.75 Å². The molecule has 0 saturated heterocycles. The molecular formula is C9H11FO2. The summed E-state index contributed by atoms with van der Waals surface area (Å²) < 4.78 is 17.6. The minimum atomic E-state index is -1.27. The molecule has 0 radical (unpaired) electrons. The zero-order valence-corrected chi connectivity index (χ0v) is 7.04. The van der Waals surface area contributed by atoms with E-state index in [1.54, 1.807) is 6.07 Å². The molecule has 0 aliphatic heterocycles. The van der Waals surface area contributed by atoms with Gasteiger partial charge in [-0.25, -0.2) is 4.39 Å². The summed E-state index contributed by atoms with van der Waals surface area (Å²) in [5.74, 6) is -1.33. The maximum Gasteiger partial charge on any atom is 0.202 e. The lowest BCUT2D eigenvalue weighted by atomic mass is 10.3. The predicted molar refractivity (Wildman–Crippen MR) is 43.3 cm³/mol. The number of rotatable bonds is 2. The van der Waals surface area contributed by atoms with Gasteiger partial charge in [0.2, 0.25) is 5.79 Å². The zero-order valence-electron chi connectivity index (χ0n) is 7.04. The van der Waals surface area contributed by atoms with Crippen LogP contribution in [0.15, 0.2) is 24.3 Å². The van der Waals surface area contributed by atoms with E-state index in [4.69, 9.17) is 4.74 Å². The van der Waals surface area contributed by atoms with Crippen LogP contribution in [-0.4, -0.2) is 10.9 Å². The van der Waals surface area contributed by atoms with Crippen molar-refractivity contribution in [3.8, 4) is 5.75 Å². The maximum atomic E-state index is 12.6. The number of aliphatic hydroxyl groups is 1. The van der Waals surface area contributed by atoms with E-state index in [0.717, 1.165) is 0 Å². The smallest absolute Gasteiger partial charge is 0.202 e. The van der Waals surface area contributed by atoms with Crippen LogP contribution in [0.1, 0.15) is 13.8 Å². The van der Waals surface area contributed by atoms with Crippen molar-refractivity contribution in [2.24, 2.45) is 0 Å². The molecular weight excluding hydrogens is 159 g/mol. The summed E-state index contributed by atoms with van der Waals surface area (Å²) in [5.41, 5.74) is 0. The Morgan fingerprint density at radius 1 is 1.42 bits per heavy atom. The molecule has 0 unspecified atom stereocenters. The third-order valence-electron chi connectivity index (χ3n) is 1.16. The SMILES string of the molecule is CC(C)(O)Oc1cccc(F)c1. The first-order chi connectivity index (χ1) is 5.47. The quantitative estimate of drug-likeness (QED) is 0.687. The monoisotopic (exact) mass is 170 g/mol. The molecule has 1 aromatic rings. The van der Waals surface area contributed by atoms with Gasteiger partial charge in [-0.15, -0.1) is 0 Å². The van der Waals surface area contributed by atoms with Crippen LogP contribution in [-0.2, 0) is 0 Å². The van der Waals surface area contributed by atoms with E-state index in [-0.39, 0.29) is 5.82 Å². The van der Waals surface area contributed by atoms with E-state index >= 15 is 0 Å². The Morgan fingerprint density at radius 2 is 2.08 bits per heavy atom. The molecule has 3 heteroatoms. The van der Waals surface area contributed by atoms with Gasteiger partial charge >= 0.3 is 0 Å². The standard InChI is InChI=1S/C9H11FO2/c1-9(2,11)12-8-5-3-4-7(10)6-8/h3-6,11H,1-2H3. The first kappa shape index (κ1) is 9.00. The highest BCUT2D eigenvalue weighted by atomic mass is 19.1. The van der Waals surface area contributed by atoms with E-state index in [1.165, 1.54) is 32.0 Å². The molecule has 0 saturated carbocycles. The average molecular weight is 170 g/mol. The van der Waals surface area contributed by atoms with Crippen molar-refractivity contribution in [3.05, 3.63) is 30.1 Å². The van der Waals surface area contributed by atoms with Gasteiger partial charge in [0.05, 0.1) is 0 Å². The van der Waals surface area contributed by atoms with E-state index in [2.05, 4.69) is 0 Å². The zero-order chi connectivity index (χ0) is 9.19. The van der Waals surface area contributed by atoms with Gasteiger partial charge in [-0.3, -0.25) is 0 Å². The van der Waals surface area contributed by atoms with E-state index < -0.39 is 5.79 Å². The Bertz CT molecular complexity index is 265. The summed E-state index contributed by atoms with van der Waals surface area (Å²) in [4.78, 5) is 0. The van der Waals surface area contributed by atoms with Crippen LogP contribution in [0.4, 0.5) is 4.39 Å². The molecule has 0 aliphatic rings. The van der Waals surface area contributed by atoms with Crippen molar-refractivity contribution in [2.45, 2.75) is 19.6 Å². The Kier molecular flexibility index (Phi) is 2.33. The summed E-state index contributed by atoms with van der Waals surface area (Å²) in [7, 11) is 0. The van der Waals surface area contributed by atoms with Gasteiger partial charge in [-0.1, -0.05) is 6.07 Å². The fraction of sp³-hybridized carbons (Fsp3) is 0.333. The topological polar surface area (TPSA) is 29.5 Å². The second-order valence-corrected chi connectivity index (χ2v) is 3.01. The molecule has 66 valence electrons. The van der Waals surface area contributed by atoms with Gasteiger partial charge < -0.3 is 9.84 Å². The summed E-state index contributed by atoms with van der Waals surface area (Å²) in [5, 5.41) is 9.22. The van der Waals surface area contributed by atoms with Crippen molar-refractivity contribution in [1.29, 1.82) is 0 Å². The average Bonchev–Trinajstić information content (AvgIpc) is 1.82. The summed E-state index contributed by atoms with van der Waals surface area (Å²) in [6.45, 7) is 2.97. The predicted octanol–water partition coefficient (Wildman–Crippen LogP) is 1.93. The summed E-state index contributed by atoms with van der Waals surface area (Å²) in [6, 6.07) is 5.65. The number of halogens is 1. The first-order valence-electron chi connectivity index (χ1n) is 3.64. The second-order valence-electron chi connectivity index (χ2n) is 3.01. The van der Waals surface area contributed by atoms with Crippen LogP contribution in [0.25, 0.3) is 0 Å². The third-order valence-corrected chi connectivity index (χ3v) is 1.16. The van der Waals surface area contributed by atoms with Crippen LogP contribution in [0.2, 0.25) is 0 Å². The van der Waals surface area contributed by atoms with Crippen molar-refractivity contribution in [3.63, 3.8) is 0 Å². The highest BCUT2D eigenvalue weighted by Gasteiger charge is 2.13. The van der Waals surface area contributed by atoms with E-state index in [9.17, 15) is 9.50 Å². The molecule has 0 bridgehead atoms. The van der Waals surface area contributed by atoms with Crippen molar-refractivity contribution in [1.82, 2.24) is 0 Å². The van der Waals surface area contributed by atoms with Crippen LogP contribution in [0.5, 0.6) is 5.75 Å². The van der Waals surface area contributed by atoms with Gasteiger partial charge in [0.25, 0.3) is 0 Å². The van der Waals surface area contributed by atoms with Gasteiger partial charge in [0.1, 0.15) is 11.6 Å². The number of benzene rings is 1. The van der Waals surface area contributed by atoms with Crippen LogP contribution in [0.3, 0.4) is 0 Å². The minimum Gasteiger partial charge on any atom is -0.463 e. The Labute approximate surface area is 70.6 Å². The van der Waals surface area contributed by atoms with Crippen LogP contribution >= 0.6 is 0 Å². The first-order valence-corrected chi connectivity index (χ1v) is 3.64. The van der Waals surface area contributed by atoms with Crippen molar-refractivity contribution in [2.75, 3.05) is 0 Å². The largest absolute Gasteiger partial charge is 0.463 e. The third kappa shape index (κ3) is 2.88. The Balaban J connectivity index is 2.77. The molecule has 0 heterocycles. The molecule has 0 fully saturated rings. The van der Waals surface area contributed by atoms with Gasteiger partial charge in [-0.05, 0) is 12.1 Å². The minimum absolute atomic E-state index is 0.322. The highest BCUT2D eigenvalue weighted by Crippen LogP contribution is 2.16. The van der Waals surface area contributed by atoms with E-state index in [1.807, 2.05) is 0 Å². The number of hydrogen-bond acceptors (Lipinski definition) is 2. The molecule has 0 amide bonds. The fourth-order valence-electron chi connectivity index (χ4n) is 0.819. The second kappa shape index (κ2) is 3.11. The lowest BCUT2D eigenvalue weighted by molar-refractivity contribution is -0.104. The summed E-state index contributed by atoms with van der Waals surface area (Å²) >= 11 is 0. The number of hydrogen-bond donors (Lipinski definition) is 1. The fourth-order valence-corrected chi connectivity index (χ4v) is 0.819. The molecule has 2 nitrogen and oxygen atoms in total. The highest BCUT2D eigenvalue weighted by molar-refractivity contribution is 5.22. The van der Waals surface area contributed by atoms with Crippen LogP contribution in [0, 0.1) is 5.82 Å². The Hall–Kier alpha value is -1.09. The van der Waals surface area contributed by atoms with Gasteiger partial charge in [0.15, 0.2) is 0 Å². The molecule has 0 aromatic heterocycles. The molecule has 0 aliphatic carbocycles. The lowest BCUT2D eigenvalue weighted by Crippen LogP contribution is -2.26. The van der Waals surface area contributed by atoms with Gasteiger partial charge in [0, 0.05) is 19.9 Å². The Morgan fingerprint density at radius 3 is 2.58 bits per heavy atom. The molecule has 0 atom stereocenters. The van der Waals surface area contributed by atoms with Crippen molar-refractivity contribution >= 4 is 0 Å². The summed E-state index contributed by atoms with van der Waals surface area (Å²) in [6.07, 6.45) is 0. The normalized spacial score (nSPS) is 11.3. The van der Waals surface area contributed by atoms with Gasteiger partial charge in [-0.2, -0.15) is 0 Å².